The number of halogens is 1. The fourth-order valence-electron chi connectivity index (χ4n) is 0.556. The first-order valence-electron chi connectivity index (χ1n) is 3.91. The van der Waals surface area contributed by atoms with Crippen molar-refractivity contribution in [2.45, 2.75) is 13.3 Å². The maximum Gasteiger partial charge on any atom is 0.0612 e. The van der Waals surface area contributed by atoms with E-state index in [-0.39, 0.29) is 0 Å². The smallest absolute Gasteiger partial charge is 0.0612 e. The molecule has 0 rings (SSSR count). The van der Waals surface area contributed by atoms with E-state index in [1.54, 1.807) is 18.5 Å². The van der Waals surface area contributed by atoms with Crippen LogP contribution in [0.15, 0.2) is 53.2 Å². The minimum Gasteiger partial charge on any atom is -0.263 e. The van der Waals surface area contributed by atoms with E-state index in [1.165, 1.54) is 0 Å². The van der Waals surface area contributed by atoms with Gasteiger partial charge in [0.05, 0.1) is 5.03 Å². The van der Waals surface area contributed by atoms with Crippen LogP contribution in [0, 0.1) is 0 Å². The molecule has 0 aromatic heterocycles. The third-order valence-corrected chi connectivity index (χ3v) is 1.68. The van der Waals surface area contributed by atoms with Crippen LogP contribution in [0.3, 0.4) is 0 Å². The van der Waals surface area contributed by atoms with Crippen molar-refractivity contribution in [1.29, 1.82) is 0 Å². The average Bonchev–Trinajstić information content (AvgIpc) is 2.04. The standard InChI is InChI=1S/C11H14ClN/c1-5-6-10(4)7-13-8-11(12)9(2)3/h5,7-8H,1-2,4,6H2,3H3/b11-8+,13-7?. The Balaban J connectivity index is 4.14. The molecule has 13 heavy (non-hydrogen) atoms. The lowest BCUT2D eigenvalue weighted by atomic mass is 10.2. The van der Waals surface area contributed by atoms with Crippen molar-refractivity contribution < 1.29 is 0 Å². The molecule has 0 saturated heterocycles. The molecule has 0 aliphatic rings. The van der Waals surface area contributed by atoms with Crippen molar-refractivity contribution in [3.8, 4) is 0 Å². The SMILES string of the molecule is C=CCC(=C)C=N/C=C(/Cl)C(=C)C. The van der Waals surface area contributed by atoms with Crippen LogP contribution in [-0.2, 0) is 0 Å². The molecule has 0 amide bonds. The van der Waals surface area contributed by atoms with Crippen LogP contribution >= 0.6 is 11.6 Å². The Morgan fingerprint density at radius 1 is 1.46 bits per heavy atom. The molecule has 1 nitrogen and oxygen atoms in total. The molecule has 70 valence electrons. The lowest BCUT2D eigenvalue weighted by molar-refractivity contribution is 1.35. The lowest BCUT2D eigenvalue weighted by Gasteiger charge is -1.92. The zero-order chi connectivity index (χ0) is 10.3. The van der Waals surface area contributed by atoms with Gasteiger partial charge in [0.15, 0.2) is 0 Å². The summed E-state index contributed by atoms with van der Waals surface area (Å²) in [5, 5.41) is 0.558. The molecule has 0 saturated carbocycles. The number of nitrogens with zero attached hydrogens (tertiary/aromatic N) is 1. The van der Waals surface area contributed by atoms with Crippen LogP contribution in [0.2, 0.25) is 0 Å². The molecule has 2 heteroatoms. The molecule has 0 N–H and O–H groups in total. The van der Waals surface area contributed by atoms with Crippen molar-refractivity contribution in [3.63, 3.8) is 0 Å². The molecule has 0 aliphatic heterocycles. The minimum atomic E-state index is 0.558. The Bertz CT molecular complexity index is 272. The number of aliphatic imine (C=N–C) groups is 1. The number of hydrogen-bond acceptors (Lipinski definition) is 1. The van der Waals surface area contributed by atoms with Gasteiger partial charge in [0.1, 0.15) is 0 Å². The normalized spacial score (nSPS) is 11.7. The van der Waals surface area contributed by atoms with Gasteiger partial charge < -0.3 is 0 Å². The number of hydrogen-bond donors (Lipinski definition) is 0. The molecular weight excluding hydrogens is 182 g/mol. The van der Waals surface area contributed by atoms with Crippen molar-refractivity contribution in [2.75, 3.05) is 0 Å². The zero-order valence-electron chi connectivity index (χ0n) is 7.89. The highest BCUT2D eigenvalue weighted by atomic mass is 35.5. The largest absolute Gasteiger partial charge is 0.263 e. The number of rotatable bonds is 5. The lowest BCUT2D eigenvalue weighted by Crippen LogP contribution is -1.79. The maximum absolute atomic E-state index is 5.77. The van der Waals surface area contributed by atoms with Gasteiger partial charge in [-0.2, -0.15) is 0 Å². The van der Waals surface area contributed by atoms with Gasteiger partial charge in [0.25, 0.3) is 0 Å². The second-order valence-electron chi connectivity index (χ2n) is 2.69. The van der Waals surface area contributed by atoms with Gasteiger partial charge in [-0.05, 0) is 24.5 Å². The molecule has 0 aromatic rings. The molecule has 0 atom stereocenters. The first-order chi connectivity index (χ1) is 6.07. The van der Waals surface area contributed by atoms with Crippen LogP contribution in [0.4, 0.5) is 0 Å². The quantitative estimate of drug-likeness (QED) is 0.359. The van der Waals surface area contributed by atoms with Crippen LogP contribution in [0.1, 0.15) is 13.3 Å². The minimum absolute atomic E-state index is 0.558. The van der Waals surface area contributed by atoms with Crippen molar-refractivity contribution in [1.82, 2.24) is 0 Å². The summed E-state index contributed by atoms with van der Waals surface area (Å²) in [6, 6.07) is 0. The molecule has 0 aliphatic carbocycles. The van der Waals surface area contributed by atoms with Gasteiger partial charge in [0.2, 0.25) is 0 Å². The van der Waals surface area contributed by atoms with Crippen LogP contribution < -0.4 is 0 Å². The summed E-state index contributed by atoms with van der Waals surface area (Å²) < 4.78 is 0. The van der Waals surface area contributed by atoms with E-state index in [0.717, 1.165) is 17.6 Å². The Morgan fingerprint density at radius 2 is 2.08 bits per heavy atom. The average molecular weight is 196 g/mol. The summed E-state index contributed by atoms with van der Waals surface area (Å²) in [5.41, 5.74) is 1.70. The van der Waals surface area contributed by atoms with E-state index in [1.807, 2.05) is 6.92 Å². The highest BCUT2D eigenvalue weighted by Gasteiger charge is 1.89. The van der Waals surface area contributed by atoms with E-state index in [9.17, 15) is 0 Å². The predicted octanol–water partition coefficient (Wildman–Crippen LogP) is 3.85. The summed E-state index contributed by atoms with van der Waals surface area (Å²) >= 11 is 5.77. The van der Waals surface area contributed by atoms with E-state index in [2.05, 4.69) is 24.7 Å². The first kappa shape index (κ1) is 11.9. The van der Waals surface area contributed by atoms with Crippen LogP contribution in [0.5, 0.6) is 0 Å². The maximum atomic E-state index is 5.77. The second-order valence-corrected chi connectivity index (χ2v) is 3.09. The van der Waals surface area contributed by atoms with Crippen molar-refractivity contribution in [2.24, 2.45) is 4.99 Å². The van der Waals surface area contributed by atoms with E-state index >= 15 is 0 Å². The van der Waals surface area contributed by atoms with Gasteiger partial charge in [0, 0.05) is 12.4 Å². The highest BCUT2D eigenvalue weighted by molar-refractivity contribution is 6.31. The fraction of sp³-hybridized carbons (Fsp3) is 0.182. The summed E-state index contributed by atoms with van der Waals surface area (Å²) in [6.07, 6.45) is 5.73. The number of allylic oxidation sites excluding steroid dienone is 4. The summed E-state index contributed by atoms with van der Waals surface area (Å²) in [4.78, 5) is 3.98. The van der Waals surface area contributed by atoms with Gasteiger partial charge >= 0.3 is 0 Å². The molecule has 0 heterocycles. The van der Waals surface area contributed by atoms with E-state index in [4.69, 9.17) is 11.6 Å². The summed E-state index contributed by atoms with van der Waals surface area (Å²) in [7, 11) is 0. The fourth-order valence-corrected chi connectivity index (χ4v) is 0.613. The topological polar surface area (TPSA) is 12.4 Å². The van der Waals surface area contributed by atoms with Gasteiger partial charge in [-0.3, -0.25) is 4.99 Å². The Morgan fingerprint density at radius 3 is 2.54 bits per heavy atom. The predicted molar refractivity (Wildman–Crippen MR) is 61.2 cm³/mol. The molecule has 0 unspecified atom stereocenters. The highest BCUT2D eigenvalue weighted by Crippen LogP contribution is 2.11. The molecular formula is C11H14ClN. The van der Waals surface area contributed by atoms with Crippen molar-refractivity contribution in [3.05, 3.63) is 48.2 Å². The van der Waals surface area contributed by atoms with E-state index in [0.29, 0.717) is 5.03 Å². The molecule has 0 aromatic carbocycles. The summed E-state index contributed by atoms with van der Waals surface area (Å²) in [5.74, 6) is 0. The van der Waals surface area contributed by atoms with Gasteiger partial charge in [-0.15, -0.1) is 6.58 Å². The molecule has 0 radical (unpaired) electrons. The first-order valence-corrected chi connectivity index (χ1v) is 4.29. The summed E-state index contributed by atoms with van der Waals surface area (Å²) in [6.45, 7) is 12.9. The van der Waals surface area contributed by atoms with Crippen LogP contribution in [0.25, 0.3) is 0 Å². The molecule has 0 fully saturated rings. The second kappa shape index (κ2) is 6.44. The van der Waals surface area contributed by atoms with Crippen molar-refractivity contribution >= 4 is 17.8 Å². The van der Waals surface area contributed by atoms with Gasteiger partial charge in [-0.1, -0.05) is 30.8 Å². The van der Waals surface area contributed by atoms with Crippen LogP contribution in [-0.4, -0.2) is 6.21 Å². The molecule has 0 bridgehead atoms. The zero-order valence-corrected chi connectivity index (χ0v) is 8.64. The Labute approximate surface area is 84.8 Å². The third kappa shape index (κ3) is 6.12. The Kier molecular flexibility index (Phi) is 5.90. The Hall–Kier alpha value is -1.08. The third-order valence-electron chi connectivity index (χ3n) is 1.26. The monoisotopic (exact) mass is 195 g/mol. The van der Waals surface area contributed by atoms with E-state index < -0.39 is 0 Å². The molecule has 0 spiro atoms. The van der Waals surface area contributed by atoms with Gasteiger partial charge in [-0.25, -0.2) is 0 Å².